The Morgan fingerprint density at radius 2 is 2.19 bits per heavy atom. The minimum absolute atomic E-state index is 0.0143. The average molecular weight is 313 g/mol. The lowest BCUT2D eigenvalue weighted by molar-refractivity contribution is 0.0342. The Hall–Kier alpha value is -1.79. The lowest BCUT2D eigenvalue weighted by atomic mass is 9.95. The summed E-state index contributed by atoms with van der Waals surface area (Å²) in [6.07, 6.45) is 1.68. The highest BCUT2D eigenvalue weighted by atomic mass is 35.5. The summed E-state index contributed by atoms with van der Waals surface area (Å²) in [5.74, 6) is -1.13. The first-order valence-electron chi connectivity index (χ1n) is 6.59. The van der Waals surface area contributed by atoms with Crippen LogP contribution in [0.2, 0.25) is 5.02 Å². The molecule has 21 heavy (non-hydrogen) atoms. The van der Waals surface area contributed by atoms with Crippen LogP contribution in [0.1, 0.15) is 30.1 Å². The molecule has 1 aromatic carbocycles. The molecule has 0 radical (unpaired) electrons. The Morgan fingerprint density at radius 3 is 2.81 bits per heavy atom. The summed E-state index contributed by atoms with van der Waals surface area (Å²) in [6, 6.07) is 3.74. The summed E-state index contributed by atoms with van der Waals surface area (Å²) in [5.41, 5.74) is -0.308. The molecule has 6 nitrogen and oxygen atoms in total. The fraction of sp³-hybridized carbons (Fsp3) is 0.429. The van der Waals surface area contributed by atoms with Crippen molar-refractivity contribution in [3.05, 3.63) is 28.8 Å². The predicted molar refractivity (Wildman–Crippen MR) is 79.0 cm³/mol. The predicted octanol–water partition coefficient (Wildman–Crippen LogP) is 2.73. The number of carbonyl (C=O) groups excluding carboxylic acids is 1. The topological polar surface area (TPSA) is 87.7 Å². The van der Waals surface area contributed by atoms with Gasteiger partial charge in [-0.2, -0.15) is 0 Å². The van der Waals surface area contributed by atoms with E-state index < -0.39 is 17.5 Å². The van der Waals surface area contributed by atoms with Gasteiger partial charge in [-0.15, -0.1) is 0 Å². The fourth-order valence-electron chi connectivity index (χ4n) is 2.27. The van der Waals surface area contributed by atoms with Gasteiger partial charge in [0.1, 0.15) is 0 Å². The van der Waals surface area contributed by atoms with E-state index in [2.05, 4.69) is 10.6 Å². The Bertz CT molecular complexity index is 556. The molecule has 2 amide bonds. The van der Waals surface area contributed by atoms with E-state index in [1.165, 1.54) is 18.2 Å². The lowest BCUT2D eigenvalue weighted by Gasteiger charge is -2.34. The van der Waals surface area contributed by atoms with Crippen molar-refractivity contribution in [1.29, 1.82) is 0 Å². The number of anilines is 1. The van der Waals surface area contributed by atoms with Crippen molar-refractivity contribution in [2.45, 2.75) is 25.3 Å². The summed E-state index contributed by atoms with van der Waals surface area (Å²) in [7, 11) is 0. The van der Waals surface area contributed by atoms with Crippen LogP contribution in [0.15, 0.2) is 18.2 Å². The van der Waals surface area contributed by atoms with Gasteiger partial charge in [0.05, 0.1) is 23.4 Å². The number of carboxylic acid groups (broad SMARTS) is 1. The molecule has 1 aliphatic rings. The molecule has 1 fully saturated rings. The molecule has 1 heterocycles. The van der Waals surface area contributed by atoms with Crippen LogP contribution in [-0.4, -0.2) is 35.9 Å². The van der Waals surface area contributed by atoms with Crippen molar-refractivity contribution in [3.63, 3.8) is 0 Å². The van der Waals surface area contributed by atoms with E-state index in [-0.39, 0.29) is 11.3 Å². The fourth-order valence-corrected chi connectivity index (χ4v) is 2.44. The van der Waals surface area contributed by atoms with Crippen LogP contribution < -0.4 is 10.6 Å². The number of amides is 2. The van der Waals surface area contributed by atoms with Crippen molar-refractivity contribution >= 4 is 29.3 Å². The van der Waals surface area contributed by atoms with Gasteiger partial charge in [-0.3, -0.25) is 0 Å². The molecule has 0 spiro atoms. The maximum Gasteiger partial charge on any atom is 0.337 e. The average Bonchev–Trinajstić information content (AvgIpc) is 2.38. The molecule has 1 aliphatic heterocycles. The van der Waals surface area contributed by atoms with Crippen molar-refractivity contribution < 1.29 is 19.4 Å². The highest BCUT2D eigenvalue weighted by Gasteiger charge is 2.29. The number of carbonyl (C=O) groups is 2. The highest BCUT2D eigenvalue weighted by Crippen LogP contribution is 2.22. The zero-order valence-electron chi connectivity index (χ0n) is 11.6. The number of hydrogen-bond acceptors (Lipinski definition) is 3. The Kier molecular flexibility index (Phi) is 4.69. The quantitative estimate of drug-likeness (QED) is 0.800. The number of carboxylic acids is 1. The minimum Gasteiger partial charge on any atom is -0.478 e. The van der Waals surface area contributed by atoms with E-state index in [4.69, 9.17) is 21.4 Å². The number of hydrogen-bond donors (Lipinski definition) is 3. The second-order valence-electron chi connectivity index (χ2n) is 5.29. The third kappa shape index (κ3) is 4.09. The summed E-state index contributed by atoms with van der Waals surface area (Å²) in [4.78, 5) is 23.2. The molecule has 7 heteroatoms. The molecule has 1 aromatic rings. The number of halogens is 1. The summed E-state index contributed by atoms with van der Waals surface area (Å²) < 4.78 is 5.36. The molecule has 2 rings (SSSR count). The molecular weight excluding hydrogens is 296 g/mol. The van der Waals surface area contributed by atoms with Crippen LogP contribution in [0.3, 0.4) is 0 Å². The second-order valence-corrected chi connectivity index (χ2v) is 5.73. The van der Waals surface area contributed by atoms with Gasteiger partial charge in [0.15, 0.2) is 0 Å². The van der Waals surface area contributed by atoms with E-state index in [1.54, 1.807) is 0 Å². The minimum atomic E-state index is -1.13. The molecule has 1 saturated heterocycles. The van der Waals surface area contributed by atoms with Crippen molar-refractivity contribution in [2.75, 3.05) is 18.5 Å². The standard InChI is InChI=1S/C14H17ClN2O4/c1-14(5-2-6-21-8-14)17-13(20)16-11-7-9(15)3-4-10(11)12(18)19/h3-4,7H,2,5-6,8H2,1H3,(H,18,19)(H2,16,17,20). The number of benzene rings is 1. The number of aromatic carboxylic acids is 1. The van der Waals surface area contributed by atoms with Crippen molar-refractivity contribution in [3.8, 4) is 0 Å². The number of nitrogens with one attached hydrogen (secondary N) is 2. The maximum atomic E-state index is 12.1. The van der Waals surface area contributed by atoms with Crippen molar-refractivity contribution in [2.24, 2.45) is 0 Å². The summed E-state index contributed by atoms with van der Waals surface area (Å²) in [6.45, 7) is 3.01. The monoisotopic (exact) mass is 312 g/mol. The Labute approximate surface area is 127 Å². The molecular formula is C14H17ClN2O4. The number of urea groups is 1. The molecule has 114 valence electrons. The summed E-state index contributed by atoms with van der Waals surface area (Å²) in [5, 5.41) is 14.8. The normalized spacial score (nSPS) is 21.6. The van der Waals surface area contributed by atoms with Gasteiger partial charge in [-0.25, -0.2) is 9.59 Å². The van der Waals surface area contributed by atoms with Crippen LogP contribution >= 0.6 is 11.6 Å². The highest BCUT2D eigenvalue weighted by molar-refractivity contribution is 6.31. The van der Waals surface area contributed by atoms with E-state index in [0.29, 0.717) is 18.2 Å². The molecule has 0 aromatic heterocycles. The molecule has 3 N–H and O–H groups in total. The smallest absolute Gasteiger partial charge is 0.337 e. The first kappa shape index (κ1) is 15.6. The van der Waals surface area contributed by atoms with Gasteiger partial charge in [0.25, 0.3) is 0 Å². The number of ether oxygens (including phenoxy) is 1. The molecule has 1 atom stereocenters. The van der Waals surface area contributed by atoms with Gasteiger partial charge < -0.3 is 20.5 Å². The SMILES string of the molecule is CC1(NC(=O)Nc2cc(Cl)ccc2C(=O)O)CCCOC1. The molecule has 1 unspecified atom stereocenters. The van der Waals surface area contributed by atoms with Crippen LogP contribution in [-0.2, 0) is 4.74 Å². The first-order chi connectivity index (χ1) is 9.89. The van der Waals surface area contributed by atoms with E-state index >= 15 is 0 Å². The lowest BCUT2D eigenvalue weighted by Crippen LogP contribution is -2.52. The van der Waals surface area contributed by atoms with Gasteiger partial charge in [0.2, 0.25) is 0 Å². The van der Waals surface area contributed by atoms with E-state index in [9.17, 15) is 9.59 Å². The first-order valence-corrected chi connectivity index (χ1v) is 6.97. The Morgan fingerprint density at radius 1 is 1.43 bits per heavy atom. The molecule has 0 bridgehead atoms. The van der Waals surface area contributed by atoms with Gasteiger partial charge in [0, 0.05) is 11.6 Å². The van der Waals surface area contributed by atoms with Crippen LogP contribution in [0, 0.1) is 0 Å². The third-order valence-electron chi connectivity index (χ3n) is 3.31. The largest absolute Gasteiger partial charge is 0.478 e. The van der Waals surface area contributed by atoms with E-state index in [1.807, 2.05) is 6.92 Å². The number of rotatable bonds is 3. The molecule has 0 saturated carbocycles. The zero-order chi connectivity index (χ0) is 15.5. The molecule has 0 aliphatic carbocycles. The van der Waals surface area contributed by atoms with Crippen LogP contribution in [0.4, 0.5) is 10.5 Å². The summed E-state index contributed by atoms with van der Waals surface area (Å²) >= 11 is 5.84. The Balaban J connectivity index is 2.09. The zero-order valence-corrected chi connectivity index (χ0v) is 12.4. The second kappa shape index (κ2) is 6.32. The van der Waals surface area contributed by atoms with E-state index in [0.717, 1.165) is 12.8 Å². The van der Waals surface area contributed by atoms with Crippen LogP contribution in [0.5, 0.6) is 0 Å². The maximum absolute atomic E-state index is 12.1. The van der Waals surface area contributed by atoms with Gasteiger partial charge in [-0.1, -0.05) is 11.6 Å². The van der Waals surface area contributed by atoms with Gasteiger partial charge in [-0.05, 0) is 38.0 Å². The van der Waals surface area contributed by atoms with Crippen LogP contribution in [0.25, 0.3) is 0 Å². The van der Waals surface area contributed by atoms with Gasteiger partial charge >= 0.3 is 12.0 Å². The van der Waals surface area contributed by atoms with Crippen molar-refractivity contribution in [1.82, 2.24) is 5.32 Å². The third-order valence-corrected chi connectivity index (χ3v) is 3.55.